The first-order chi connectivity index (χ1) is 13.5. The van der Waals surface area contributed by atoms with Crippen LogP contribution in [-0.4, -0.2) is 30.4 Å². The lowest BCUT2D eigenvalue weighted by Crippen LogP contribution is -2.37. The van der Waals surface area contributed by atoms with Gasteiger partial charge in [0.1, 0.15) is 5.75 Å². The van der Waals surface area contributed by atoms with Gasteiger partial charge in [0.2, 0.25) is 11.8 Å². The van der Waals surface area contributed by atoms with Crippen molar-refractivity contribution in [1.29, 1.82) is 0 Å². The molecule has 1 fully saturated rings. The average Bonchev–Trinajstić information content (AvgIpc) is 3.35. The van der Waals surface area contributed by atoms with Crippen LogP contribution < -0.4 is 10.1 Å². The fourth-order valence-corrected chi connectivity index (χ4v) is 4.49. The highest BCUT2D eigenvalue weighted by molar-refractivity contribution is 7.10. The third-order valence-electron chi connectivity index (χ3n) is 5.31. The Morgan fingerprint density at radius 2 is 2.07 bits per heavy atom. The molecule has 1 aromatic carbocycles. The van der Waals surface area contributed by atoms with Gasteiger partial charge >= 0.3 is 0 Å². The van der Waals surface area contributed by atoms with Gasteiger partial charge in [0, 0.05) is 17.8 Å². The second-order valence-electron chi connectivity index (χ2n) is 7.21. The van der Waals surface area contributed by atoms with E-state index >= 15 is 0 Å². The van der Waals surface area contributed by atoms with Crippen LogP contribution in [-0.2, 0) is 9.59 Å². The maximum Gasteiger partial charge on any atom is 0.226 e. The minimum atomic E-state index is -0.389. The number of rotatable bonds is 8. The first kappa shape index (κ1) is 20.4. The highest BCUT2D eigenvalue weighted by Crippen LogP contribution is 2.39. The molecule has 1 aromatic heterocycles. The van der Waals surface area contributed by atoms with E-state index in [2.05, 4.69) is 12.2 Å². The normalized spacial score (nSPS) is 20.2. The zero-order chi connectivity index (χ0) is 20.1. The smallest absolute Gasteiger partial charge is 0.226 e. The van der Waals surface area contributed by atoms with Crippen LogP contribution in [0.4, 0.5) is 0 Å². The molecule has 0 spiro atoms. The number of benzene rings is 1. The molecule has 2 amide bonds. The quantitative estimate of drug-likeness (QED) is 0.718. The number of hydrogen-bond acceptors (Lipinski definition) is 4. The number of hydrogen-bond donors (Lipinski definition) is 1. The van der Waals surface area contributed by atoms with E-state index in [1.54, 1.807) is 18.4 Å². The van der Waals surface area contributed by atoms with E-state index in [9.17, 15) is 9.59 Å². The zero-order valence-corrected chi connectivity index (χ0v) is 17.5. The van der Waals surface area contributed by atoms with E-state index in [1.807, 2.05) is 53.6 Å². The standard InChI is InChI=1S/C22H28N2O3S/c1-4-5-12-24-20(25)14-18(21(24)16-8-10-17(27-3)11-9-16)22(26)23-15(2)19-7-6-13-28-19/h6-11,13,15,18,21H,4-5,12,14H2,1-3H3,(H,23,26)/t15-,18+,21-/m1/s1. The first-order valence-electron chi connectivity index (χ1n) is 9.82. The number of amides is 2. The predicted octanol–water partition coefficient (Wildman–Crippen LogP) is 4.32. The third-order valence-corrected chi connectivity index (χ3v) is 6.36. The summed E-state index contributed by atoms with van der Waals surface area (Å²) in [4.78, 5) is 28.8. The highest BCUT2D eigenvalue weighted by Gasteiger charge is 2.44. The van der Waals surface area contributed by atoms with Gasteiger partial charge in [-0.05, 0) is 42.5 Å². The lowest BCUT2D eigenvalue weighted by molar-refractivity contribution is -0.129. The van der Waals surface area contributed by atoms with Gasteiger partial charge in [-0.3, -0.25) is 9.59 Å². The number of thiophene rings is 1. The summed E-state index contributed by atoms with van der Waals surface area (Å²) in [5.41, 5.74) is 0.978. The molecule has 1 aliphatic heterocycles. The van der Waals surface area contributed by atoms with Gasteiger partial charge in [-0.1, -0.05) is 31.5 Å². The number of nitrogens with zero attached hydrogens (tertiary/aromatic N) is 1. The van der Waals surface area contributed by atoms with Crippen LogP contribution in [0, 0.1) is 5.92 Å². The predicted molar refractivity (Wildman–Crippen MR) is 111 cm³/mol. The number of likely N-dealkylation sites (tertiary alicyclic amines) is 1. The van der Waals surface area contributed by atoms with Gasteiger partial charge in [-0.25, -0.2) is 0 Å². The molecule has 3 rings (SSSR count). The molecule has 2 aromatic rings. The fourth-order valence-electron chi connectivity index (χ4n) is 3.76. The SMILES string of the molecule is CCCCN1C(=O)C[C@H](C(=O)N[C@H](C)c2cccs2)[C@H]1c1ccc(OC)cc1. The number of carbonyl (C=O) groups excluding carboxylic acids is 2. The van der Waals surface area contributed by atoms with Gasteiger partial charge < -0.3 is 15.0 Å². The summed E-state index contributed by atoms with van der Waals surface area (Å²) in [5, 5.41) is 5.12. The molecule has 0 aliphatic carbocycles. The minimum absolute atomic E-state index is 0.0539. The second kappa shape index (κ2) is 9.24. The first-order valence-corrected chi connectivity index (χ1v) is 10.7. The molecule has 1 N–H and O–H groups in total. The summed E-state index contributed by atoms with van der Waals surface area (Å²) < 4.78 is 5.25. The Morgan fingerprint density at radius 1 is 1.32 bits per heavy atom. The highest BCUT2D eigenvalue weighted by atomic mass is 32.1. The second-order valence-corrected chi connectivity index (χ2v) is 8.19. The summed E-state index contributed by atoms with van der Waals surface area (Å²) in [6.45, 7) is 4.77. The van der Waals surface area contributed by atoms with Crippen LogP contribution in [0.3, 0.4) is 0 Å². The molecule has 5 nitrogen and oxygen atoms in total. The zero-order valence-electron chi connectivity index (χ0n) is 16.7. The number of unbranched alkanes of at least 4 members (excludes halogenated alkanes) is 1. The van der Waals surface area contributed by atoms with E-state index in [-0.39, 0.29) is 36.2 Å². The van der Waals surface area contributed by atoms with E-state index in [0.29, 0.717) is 6.54 Å². The summed E-state index contributed by atoms with van der Waals surface area (Å²) in [7, 11) is 1.63. The molecule has 1 saturated heterocycles. The van der Waals surface area contributed by atoms with Crippen LogP contribution in [0.25, 0.3) is 0 Å². The van der Waals surface area contributed by atoms with Crippen LogP contribution in [0.15, 0.2) is 41.8 Å². The Kier molecular flexibility index (Phi) is 6.73. The topological polar surface area (TPSA) is 58.6 Å². The van der Waals surface area contributed by atoms with E-state index in [1.165, 1.54) is 0 Å². The van der Waals surface area contributed by atoms with Crippen molar-refractivity contribution in [2.45, 2.75) is 45.2 Å². The van der Waals surface area contributed by atoms with Crippen molar-refractivity contribution in [2.24, 2.45) is 5.92 Å². The van der Waals surface area contributed by atoms with Gasteiger partial charge in [-0.2, -0.15) is 0 Å². The van der Waals surface area contributed by atoms with Gasteiger partial charge in [0.05, 0.1) is 25.1 Å². The molecule has 0 unspecified atom stereocenters. The van der Waals surface area contributed by atoms with Crippen LogP contribution in [0.1, 0.15) is 55.6 Å². The summed E-state index contributed by atoms with van der Waals surface area (Å²) in [6, 6.07) is 11.4. The Labute approximate surface area is 170 Å². The van der Waals surface area contributed by atoms with Gasteiger partial charge in [-0.15, -0.1) is 11.3 Å². The van der Waals surface area contributed by atoms with Crippen molar-refractivity contribution >= 4 is 23.2 Å². The Morgan fingerprint density at radius 3 is 2.68 bits per heavy atom. The van der Waals surface area contributed by atoms with E-state index in [0.717, 1.165) is 29.0 Å². The summed E-state index contributed by atoms with van der Waals surface area (Å²) in [5.74, 6) is 0.368. The third kappa shape index (κ3) is 4.38. The lowest BCUT2D eigenvalue weighted by atomic mass is 9.92. The van der Waals surface area contributed by atoms with E-state index in [4.69, 9.17) is 4.74 Å². The molecule has 0 bridgehead atoms. The fraction of sp³-hybridized carbons (Fsp3) is 0.455. The summed E-state index contributed by atoms with van der Waals surface area (Å²) >= 11 is 1.62. The van der Waals surface area contributed by atoms with Crippen LogP contribution in [0.2, 0.25) is 0 Å². The molecule has 2 heterocycles. The number of nitrogens with one attached hydrogen (secondary N) is 1. The minimum Gasteiger partial charge on any atom is -0.497 e. The average molecular weight is 401 g/mol. The van der Waals surface area contributed by atoms with Gasteiger partial charge in [0.25, 0.3) is 0 Å². The van der Waals surface area contributed by atoms with Crippen molar-refractivity contribution < 1.29 is 14.3 Å². The van der Waals surface area contributed by atoms with Crippen LogP contribution in [0.5, 0.6) is 5.75 Å². The molecular weight excluding hydrogens is 372 g/mol. The molecule has 1 aliphatic rings. The van der Waals surface area contributed by atoms with Crippen molar-refractivity contribution in [2.75, 3.05) is 13.7 Å². The number of methoxy groups -OCH3 is 1. The molecule has 28 heavy (non-hydrogen) atoms. The maximum atomic E-state index is 13.1. The molecule has 3 atom stereocenters. The monoisotopic (exact) mass is 400 g/mol. The van der Waals surface area contributed by atoms with Crippen LogP contribution >= 0.6 is 11.3 Å². The summed E-state index contributed by atoms with van der Waals surface area (Å²) in [6.07, 6.45) is 2.19. The maximum absolute atomic E-state index is 13.1. The Bertz CT molecular complexity index is 789. The molecular formula is C22H28N2O3S. The van der Waals surface area contributed by atoms with E-state index < -0.39 is 0 Å². The van der Waals surface area contributed by atoms with Crippen molar-refractivity contribution in [3.8, 4) is 5.75 Å². The van der Waals surface area contributed by atoms with Crippen molar-refractivity contribution in [3.63, 3.8) is 0 Å². The number of ether oxygens (including phenoxy) is 1. The molecule has 6 heteroatoms. The molecule has 150 valence electrons. The Balaban J connectivity index is 1.84. The molecule has 0 radical (unpaired) electrons. The lowest BCUT2D eigenvalue weighted by Gasteiger charge is -2.29. The molecule has 0 saturated carbocycles. The number of carbonyl (C=O) groups is 2. The van der Waals surface area contributed by atoms with Crippen molar-refractivity contribution in [1.82, 2.24) is 10.2 Å². The van der Waals surface area contributed by atoms with Crippen molar-refractivity contribution in [3.05, 3.63) is 52.2 Å². The van der Waals surface area contributed by atoms with Gasteiger partial charge in [0.15, 0.2) is 0 Å². The Hall–Kier alpha value is -2.34. The largest absolute Gasteiger partial charge is 0.497 e.